The van der Waals surface area contributed by atoms with Gasteiger partial charge < -0.3 is 10.8 Å². The Morgan fingerprint density at radius 2 is 2.00 bits per heavy atom. The lowest BCUT2D eigenvalue weighted by Crippen LogP contribution is -2.14. The summed E-state index contributed by atoms with van der Waals surface area (Å²) in [6.45, 7) is 0. The van der Waals surface area contributed by atoms with E-state index in [4.69, 9.17) is 5.73 Å². The van der Waals surface area contributed by atoms with Crippen LogP contribution in [0.4, 0.5) is 15.8 Å². The number of nitrogens with zero attached hydrogens (tertiary/aromatic N) is 1. The van der Waals surface area contributed by atoms with Crippen LogP contribution < -0.4 is 10.5 Å². The number of hydrogen-bond acceptors (Lipinski definition) is 5. The molecule has 0 atom stereocenters. The number of phenols is 1. The number of pyridine rings is 1. The summed E-state index contributed by atoms with van der Waals surface area (Å²) in [6.07, 6.45) is 1.91. The molecule has 0 radical (unpaired) electrons. The normalized spacial score (nSPS) is 11.2. The van der Waals surface area contributed by atoms with Gasteiger partial charge in [-0.2, -0.15) is 0 Å². The number of aromatic hydroxyl groups is 1. The van der Waals surface area contributed by atoms with E-state index in [2.05, 4.69) is 9.71 Å². The van der Waals surface area contributed by atoms with Crippen molar-refractivity contribution in [2.75, 3.05) is 10.5 Å². The Hall–Kier alpha value is -2.35. The van der Waals surface area contributed by atoms with Gasteiger partial charge in [0.2, 0.25) is 0 Å². The van der Waals surface area contributed by atoms with E-state index >= 15 is 0 Å². The van der Waals surface area contributed by atoms with E-state index in [0.717, 1.165) is 18.5 Å². The average Bonchev–Trinajstić information content (AvgIpc) is 2.33. The molecule has 100 valence electrons. The number of hydrogen-bond donors (Lipinski definition) is 3. The summed E-state index contributed by atoms with van der Waals surface area (Å²) in [5.41, 5.74) is 5.69. The maximum absolute atomic E-state index is 13.0. The Morgan fingerprint density at radius 3 is 2.63 bits per heavy atom. The molecular formula is C11H10FN3O3S. The zero-order valence-electron chi connectivity index (χ0n) is 9.54. The zero-order valence-corrected chi connectivity index (χ0v) is 10.4. The van der Waals surface area contributed by atoms with E-state index in [-0.39, 0.29) is 22.0 Å². The maximum Gasteiger partial charge on any atom is 0.263 e. The van der Waals surface area contributed by atoms with Crippen LogP contribution in [0.2, 0.25) is 0 Å². The number of phenolic OH excluding ortho intramolecular Hbond substituents is 1. The largest absolute Gasteiger partial charge is 0.508 e. The molecule has 0 spiro atoms. The van der Waals surface area contributed by atoms with Gasteiger partial charge in [0.15, 0.2) is 0 Å². The minimum absolute atomic E-state index is 0.0490. The van der Waals surface area contributed by atoms with E-state index in [0.29, 0.717) is 0 Å². The predicted molar refractivity (Wildman–Crippen MR) is 67.5 cm³/mol. The fourth-order valence-corrected chi connectivity index (χ4v) is 2.45. The first-order valence-corrected chi connectivity index (χ1v) is 6.59. The summed E-state index contributed by atoms with van der Waals surface area (Å²) < 4.78 is 39.1. The topological polar surface area (TPSA) is 105 Å². The molecule has 0 bridgehead atoms. The number of halogens is 1. The van der Waals surface area contributed by atoms with Crippen molar-refractivity contribution >= 4 is 21.4 Å². The van der Waals surface area contributed by atoms with Crippen molar-refractivity contribution in [3.8, 4) is 5.75 Å². The van der Waals surface area contributed by atoms with Crippen LogP contribution in [0.5, 0.6) is 5.75 Å². The number of aromatic nitrogens is 1. The van der Waals surface area contributed by atoms with Crippen molar-refractivity contribution in [1.82, 2.24) is 4.98 Å². The fraction of sp³-hybridized carbons (Fsp3) is 0. The molecule has 0 saturated carbocycles. The molecule has 2 rings (SSSR count). The lowest BCUT2D eigenvalue weighted by molar-refractivity contribution is 0.475. The number of nitrogens with one attached hydrogen (secondary N) is 1. The zero-order chi connectivity index (χ0) is 14.0. The van der Waals surface area contributed by atoms with Crippen LogP contribution in [0.15, 0.2) is 41.6 Å². The Balaban J connectivity index is 2.36. The third-order valence-corrected chi connectivity index (χ3v) is 3.60. The van der Waals surface area contributed by atoms with E-state index in [1.165, 1.54) is 18.2 Å². The second-order valence-electron chi connectivity index (χ2n) is 3.72. The summed E-state index contributed by atoms with van der Waals surface area (Å²) in [7, 11) is -3.99. The second kappa shape index (κ2) is 4.73. The first-order chi connectivity index (χ1) is 8.88. The first kappa shape index (κ1) is 13.1. The summed E-state index contributed by atoms with van der Waals surface area (Å²) in [5, 5.41) is 9.17. The highest BCUT2D eigenvalue weighted by molar-refractivity contribution is 7.92. The third-order valence-electron chi connectivity index (χ3n) is 2.27. The Kier molecular flexibility index (Phi) is 3.26. The Bertz CT molecular complexity index is 719. The number of nitrogens with two attached hydrogens (primary N) is 1. The number of anilines is 2. The van der Waals surface area contributed by atoms with Crippen molar-refractivity contribution in [3.05, 3.63) is 42.5 Å². The fourth-order valence-electron chi connectivity index (χ4n) is 1.39. The molecule has 0 aliphatic carbocycles. The van der Waals surface area contributed by atoms with Gasteiger partial charge in [-0.25, -0.2) is 12.8 Å². The molecule has 0 aliphatic rings. The van der Waals surface area contributed by atoms with Gasteiger partial charge in [0.25, 0.3) is 10.0 Å². The van der Waals surface area contributed by atoms with Gasteiger partial charge in [0.05, 0.1) is 17.6 Å². The molecular weight excluding hydrogens is 273 g/mol. The molecule has 0 aliphatic heterocycles. The molecule has 1 aromatic carbocycles. The van der Waals surface area contributed by atoms with Crippen LogP contribution in [-0.2, 0) is 10.0 Å². The van der Waals surface area contributed by atoms with Gasteiger partial charge in [-0.15, -0.1) is 0 Å². The molecule has 0 fully saturated rings. The molecule has 6 nitrogen and oxygen atoms in total. The van der Waals surface area contributed by atoms with Gasteiger partial charge in [0, 0.05) is 12.3 Å². The second-order valence-corrected chi connectivity index (χ2v) is 5.40. The van der Waals surface area contributed by atoms with Crippen molar-refractivity contribution in [3.63, 3.8) is 0 Å². The molecule has 8 heteroatoms. The van der Waals surface area contributed by atoms with Crippen molar-refractivity contribution in [2.24, 2.45) is 0 Å². The van der Waals surface area contributed by atoms with E-state index < -0.39 is 15.8 Å². The van der Waals surface area contributed by atoms with Gasteiger partial charge in [-0.05, 0) is 18.2 Å². The standard InChI is InChI=1S/C11H10FN3O3S/c12-7-3-9(6-14-5-7)19(17,18)15-11-2-1-8(16)4-10(11)13/h1-6,15-16H,13H2. The molecule has 2 aromatic rings. The maximum atomic E-state index is 13.0. The van der Waals surface area contributed by atoms with Crippen LogP contribution in [0.25, 0.3) is 0 Å². The smallest absolute Gasteiger partial charge is 0.263 e. The summed E-state index contributed by atoms with van der Waals surface area (Å²) in [4.78, 5) is 3.14. The highest BCUT2D eigenvalue weighted by Gasteiger charge is 2.16. The molecule has 1 heterocycles. The quantitative estimate of drug-likeness (QED) is 0.582. The lowest BCUT2D eigenvalue weighted by Gasteiger charge is -2.10. The average molecular weight is 283 g/mol. The molecule has 1 aromatic heterocycles. The van der Waals surface area contributed by atoms with Gasteiger partial charge in [-0.1, -0.05) is 0 Å². The Labute approximate surface area is 108 Å². The predicted octanol–water partition coefficient (Wildman–Crippen LogP) is 1.31. The summed E-state index contributed by atoms with van der Waals surface area (Å²) >= 11 is 0. The van der Waals surface area contributed by atoms with Gasteiger partial charge in [-0.3, -0.25) is 9.71 Å². The highest BCUT2D eigenvalue weighted by atomic mass is 32.2. The minimum atomic E-state index is -3.99. The van der Waals surface area contributed by atoms with Gasteiger partial charge in [0.1, 0.15) is 16.5 Å². The van der Waals surface area contributed by atoms with Crippen molar-refractivity contribution in [2.45, 2.75) is 4.90 Å². The van der Waals surface area contributed by atoms with Crippen molar-refractivity contribution in [1.29, 1.82) is 0 Å². The number of nitrogen functional groups attached to an aromatic ring is 1. The van der Waals surface area contributed by atoms with Crippen LogP contribution in [-0.4, -0.2) is 18.5 Å². The van der Waals surface area contributed by atoms with Crippen LogP contribution in [0.1, 0.15) is 0 Å². The van der Waals surface area contributed by atoms with E-state index in [1.54, 1.807) is 0 Å². The van der Waals surface area contributed by atoms with E-state index in [9.17, 15) is 17.9 Å². The van der Waals surface area contributed by atoms with Crippen LogP contribution in [0, 0.1) is 5.82 Å². The minimum Gasteiger partial charge on any atom is -0.508 e. The van der Waals surface area contributed by atoms with E-state index in [1.807, 2.05) is 0 Å². The van der Waals surface area contributed by atoms with Gasteiger partial charge >= 0.3 is 0 Å². The summed E-state index contributed by atoms with van der Waals surface area (Å²) in [5.74, 6) is -0.852. The molecule has 0 amide bonds. The highest BCUT2D eigenvalue weighted by Crippen LogP contribution is 2.25. The Morgan fingerprint density at radius 1 is 1.26 bits per heavy atom. The number of rotatable bonds is 3. The SMILES string of the molecule is Nc1cc(O)ccc1NS(=O)(=O)c1cncc(F)c1. The molecule has 0 saturated heterocycles. The first-order valence-electron chi connectivity index (χ1n) is 5.10. The monoisotopic (exact) mass is 283 g/mol. The third kappa shape index (κ3) is 2.91. The summed E-state index contributed by atoms with van der Waals surface area (Å²) in [6, 6.07) is 4.61. The number of benzene rings is 1. The molecule has 4 N–H and O–H groups in total. The van der Waals surface area contributed by atoms with Crippen LogP contribution in [0.3, 0.4) is 0 Å². The molecule has 0 unspecified atom stereocenters. The number of sulfonamides is 1. The van der Waals surface area contributed by atoms with Crippen molar-refractivity contribution < 1.29 is 17.9 Å². The van der Waals surface area contributed by atoms with Crippen LogP contribution >= 0.6 is 0 Å². The molecule has 19 heavy (non-hydrogen) atoms. The lowest BCUT2D eigenvalue weighted by atomic mass is 10.2.